The Hall–Kier alpha value is -6.00. The normalized spacial score (nSPS) is 20.1. The van der Waals surface area contributed by atoms with E-state index < -0.39 is 0 Å². The van der Waals surface area contributed by atoms with Crippen molar-refractivity contribution < 1.29 is 4.42 Å². The molecular formula is C68H73BN2O. The maximum atomic E-state index is 6.86. The van der Waals surface area contributed by atoms with E-state index in [0.717, 1.165) is 41.2 Å². The Morgan fingerprint density at radius 3 is 1.56 bits per heavy atom. The van der Waals surface area contributed by atoms with E-state index in [1.165, 1.54) is 125 Å². The average Bonchev–Trinajstić information content (AvgIpc) is 3.70. The van der Waals surface area contributed by atoms with Crippen LogP contribution in [-0.2, 0) is 32.5 Å². The molecule has 364 valence electrons. The molecule has 2 aliphatic heterocycles. The molecule has 0 saturated heterocycles. The molecule has 0 amide bonds. The van der Waals surface area contributed by atoms with Crippen LogP contribution in [0.2, 0.25) is 0 Å². The third-order valence-corrected chi connectivity index (χ3v) is 19.5. The molecule has 1 aromatic heterocycles. The maximum absolute atomic E-state index is 6.86. The summed E-state index contributed by atoms with van der Waals surface area (Å²) in [7, 11) is 0. The maximum Gasteiger partial charge on any atom is 0.333 e. The predicted octanol–water partition coefficient (Wildman–Crippen LogP) is 17.6. The summed E-state index contributed by atoms with van der Waals surface area (Å²) >= 11 is 0. The van der Waals surface area contributed by atoms with Crippen molar-refractivity contribution >= 4 is 68.1 Å². The molecule has 0 fully saturated rings. The Morgan fingerprint density at radius 1 is 0.417 bits per heavy atom. The second-order valence-electron chi connectivity index (χ2n) is 27.0. The highest BCUT2D eigenvalue weighted by Crippen LogP contribution is 2.56. The van der Waals surface area contributed by atoms with Crippen LogP contribution in [0.5, 0.6) is 0 Å². The van der Waals surface area contributed by atoms with Gasteiger partial charge in [-0.25, -0.2) is 0 Å². The molecule has 5 aliphatic rings. The average molecular weight is 945 g/mol. The molecule has 3 heterocycles. The second kappa shape index (κ2) is 14.8. The standard InChI is InChI=1S/C68H73BN2O/c1-40-18-17-19-41(2)61(40)42-32-48-46-37-60-47(45-20-15-16-21-59(45)72-60)36-56(46)71(44-23-25-50-52(35-44)66(9,10)29-27-64(50,5)6)69-55-38-53-54(68(13,14)31-30-67(53,11)12)39-57(55)70(58(33-42)62(48)69)43-22-24-49-51(34-43)65(7,8)28-26-63(49,3)4/h15-25,32-39H,26-31H2,1-14H3. The summed E-state index contributed by atoms with van der Waals surface area (Å²) < 4.78 is 6.86. The van der Waals surface area contributed by atoms with Gasteiger partial charge in [0, 0.05) is 44.8 Å². The van der Waals surface area contributed by atoms with Crippen LogP contribution < -0.4 is 20.6 Å². The number of benzene rings is 7. The van der Waals surface area contributed by atoms with Crippen LogP contribution in [0, 0.1) is 13.8 Å². The molecule has 0 N–H and O–H groups in total. The highest BCUT2D eigenvalue weighted by atomic mass is 16.3. The Balaban J connectivity index is 1.21. The molecule has 0 unspecified atom stereocenters. The molecule has 3 aliphatic carbocycles. The number of fused-ring (bicyclic) bond motifs is 10. The van der Waals surface area contributed by atoms with E-state index in [1.807, 2.05) is 0 Å². The highest BCUT2D eigenvalue weighted by molar-refractivity contribution is 6.93. The molecule has 0 saturated carbocycles. The third kappa shape index (κ3) is 6.48. The summed E-state index contributed by atoms with van der Waals surface area (Å²) in [5.74, 6) is 0. The Labute approximate surface area is 430 Å². The summed E-state index contributed by atoms with van der Waals surface area (Å²) in [5.41, 5.74) is 27.8. The molecule has 0 bridgehead atoms. The van der Waals surface area contributed by atoms with Crippen LogP contribution in [0.1, 0.15) is 166 Å². The highest BCUT2D eigenvalue weighted by Gasteiger charge is 2.49. The zero-order chi connectivity index (χ0) is 50.4. The topological polar surface area (TPSA) is 19.6 Å². The van der Waals surface area contributed by atoms with Crippen LogP contribution in [0.4, 0.5) is 28.4 Å². The van der Waals surface area contributed by atoms with Crippen molar-refractivity contribution in [3.63, 3.8) is 0 Å². The van der Waals surface area contributed by atoms with Crippen molar-refractivity contribution in [1.82, 2.24) is 0 Å². The lowest BCUT2D eigenvalue weighted by atomic mass is 9.42. The molecular weight excluding hydrogens is 872 g/mol. The number of nitrogens with zero attached hydrogens (tertiary/aromatic N) is 2. The lowest BCUT2D eigenvalue weighted by molar-refractivity contribution is 0.332. The van der Waals surface area contributed by atoms with Crippen molar-refractivity contribution in [2.45, 2.75) is 168 Å². The number of hydrogen-bond acceptors (Lipinski definition) is 3. The van der Waals surface area contributed by atoms with Crippen LogP contribution in [-0.4, -0.2) is 6.85 Å². The zero-order valence-corrected chi connectivity index (χ0v) is 45.6. The van der Waals surface area contributed by atoms with Gasteiger partial charge in [0.1, 0.15) is 11.2 Å². The number of furan rings is 1. The van der Waals surface area contributed by atoms with Crippen molar-refractivity contribution in [2.75, 3.05) is 9.71 Å². The van der Waals surface area contributed by atoms with Gasteiger partial charge in [-0.2, -0.15) is 0 Å². The Morgan fingerprint density at radius 2 is 0.944 bits per heavy atom. The van der Waals surface area contributed by atoms with Gasteiger partial charge in [0.25, 0.3) is 0 Å². The van der Waals surface area contributed by atoms with Gasteiger partial charge in [0.05, 0.1) is 0 Å². The first-order valence-electron chi connectivity index (χ1n) is 27.2. The molecule has 0 spiro atoms. The predicted molar refractivity (Wildman–Crippen MR) is 308 cm³/mol. The third-order valence-electron chi connectivity index (χ3n) is 19.5. The lowest BCUT2D eigenvalue weighted by Gasteiger charge is -2.49. The number of aryl methyl sites for hydroxylation is 2. The molecule has 4 heteroatoms. The van der Waals surface area contributed by atoms with Gasteiger partial charge in [-0.1, -0.05) is 138 Å². The fraction of sp³-hybridized carbons (Fsp3) is 0.382. The molecule has 0 atom stereocenters. The smallest absolute Gasteiger partial charge is 0.333 e. The summed E-state index contributed by atoms with van der Waals surface area (Å²) in [6.07, 6.45) is 7.02. The zero-order valence-electron chi connectivity index (χ0n) is 45.6. The van der Waals surface area contributed by atoms with Gasteiger partial charge < -0.3 is 14.1 Å². The van der Waals surface area contributed by atoms with Crippen molar-refractivity contribution in [1.29, 1.82) is 0 Å². The summed E-state index contributed by atoms with van der Waals surface area (Å²) in [6.45, 7) is 34.2. The van der Waals surface area contributed by atoms with Gasteiger partial charge in [-0.05, 0) is 218 Å². The molecule has 3 nitrogen and oxygen atoms in total. The van der Waals surface area contributed by atoms with Gasteiger partial charge in [0.2, 0.25) is 0 Å². The van der Waals surface area contributed by atoms with E-state index >= 15 is 0 Å². The summed E-state index contributed by atoms with van der Waals surface area (Å²) in [6, 6.07) is 46.0. The Kier molecular flexibility index (Phi) is 9.44. The second-order valence-corrected chi connectivity index (χ2v) is 27.0. The molecule has 72 heavy (non-hydrogen) atoms. The van der Waals surface area contributed by atoms with Crippen molar-refractivity contribution in [3.05, 3.63) is 160 Å². The SMILES string of the molecule is Cc1cccc(C)c1-c1cc2c3c(c1)N(c1ccc4c(c1)C(C)(C)CCC4(C)C)c1cc4c(cc1B3N(c1ccc3c(c1)C(C)(C)CCC3(C)C)c1cc3c(cc1-2)oc1ccccc13)C(C)(C)CCC4(C)C. The van der Waals surface area contributed by atoms with E-state index in [9.17, 15) is 0 Å². The lowest BCUT2D eigenvalue weighted by Crippen LogP contribution is -2.62. The van der Waals surface area contributed by atoms with Crippen molar-refractivity contribution in [3.8, 4) is 22.3 Å². The van der Waals surface area contributed by atoms with Crippen LogP contribution in [0.3, 0.4) is 0 Å². The number of rotatable bonds is 3. The van der Waals surface area contributed by atoms with E-state index in [1.54, 1.807) is 0 Å². The van der Waals surface area contributed by atoms with E-state index in [2.05, 4.69) is 222 Å². The summed E-state index contributed by atoms with van der Waals surface area (Å²) in [4.78, 5) is 5.50. The van der Waals surface area contributed by atoms with Gasteiger partial charge in [-0.3, -0.25) is 0 Å². The van der Waals surface area contributed by atoms with E-state index in [0.29, 0.717) is 0 Å². The first-order chi connectivity index (χ1) is 34.0. The van der Waals surface area contributed by atoms with E-state index in [4.69, 9.17) is 4.42 Å². The van der Waals surface area contributed by atoms with Crippen LogP contribution >= 0.6 is 0 Å². The van der Waals surface area contributed by atoms with Crippen LogP contribution in [0.15, 0.2) is 120 Å². The van der Waals surface area contributed by atoms with Crippen LogP contribution in [0.25, 0.3) is 44.2 Å². The first kappa shape index (κ1) is 45.8. The van der Waals surface area contributed by atoms with E-state index in [-0.39, 0.29) is 39.3 Å². The molecule has 7 aromatic carbocycles. The van der Waals surface area contributed by atoms with Gasteiger partial charge in [0.15, 0.2) is 0 Å². The minimum Gasteiger partial charge on any atom is -0.456 e. The van der Waals surface area contributed by atoms with Gasteiger partial charge >= 0.3 is 6.85 Å². The number of hydrogen-bond donors (Lipinski definition) is 0. The first-order valence-corrected chi connectivity index (χ1v) is 27.2. The number of anilines is 5. The minimum atomic E-state index is -0.117. The van der Waals surface area contributed by atoms with Crippen molar-refractivity contribution in [2.24, 2.45) is 0 Å². The fourth-order valence-electron chi connectivity index (χ4n) is 14.7. The fourth-order valence-corrected chi connectivity index (χ4v) is 14.7. The number of para-hydroxylation sites is 1. The molecule has 8 aromatic rings. The molecule has 13 rings (SSSR count). The van der Waals surface area contributed by atoms with Gasteiger partial charge in [-0.15, -0.1) is 0 Å². The quantitative estimate of drug-likeness (QED) is 0.165. The largest absolute Gasteiger partial charge is 0.456 e. The molecule has 0 radical (unpaired) electrons. The monoisotopic (exact) mass is 945 g/mol. The summed E-state index contributed by atoms with van der Waals surface area (Å²) in [5, 5.41) is 2.32. The minimum absolute atomic E-state index is 0.0160. The Bertz CT molecular complexity index is 3630.